The number of nitrogens with zero attached hydrogens (tertiary/aromatic N) is 2. The largest absolute Gasteiger partial charge is 0.366 e. The number of carbonyl (C=O) groups excluding carboxylic acids is 1. The molecule has 1 aromatic rings. The first kappa shape index (κ1) is 13.3. The zero-order chi connectivity index (χ0) is 14.4. The molecular weight excluding hydrogens is 274 g/mol. The third kappa shape index (κ3) is 2.50. The van der Waals surface area contributed by atoms with Crippen LogP contribution in [0, 0.1) is 10.1 Å². The summed E-state index contributed by atoms with van der Waals surface area (Å²) in [4.78, 5) is 22.9. The first-order valence-electron chi connectivity index (χ1n) is 5.29. The van der Waals surface area contributed by atoms with Crippen LogP contribution in [0.25, 0.3) is 0 Å². The number of primary amides is 1. The molecule has 0 aromatic heterocycles. The molecule has 1 aliphatic rings. The second-order valence-corrected chi connectivity index (χ2v) is 6.20. The Morgan fingerprint density at radius 1 is 1.42 bits per heavy atom. The van der Waals surface area contributed by atoms with Gasteiger partial charge in [0.15, 0.2) is 9.84 Å². The minimum absolute atomic E-state index is 0.214. The lowest BCUT2D eigenvalue weighted by molar-refractivity contribution is -0.384. The van der Waals surface area contributed by atoms with Gasteiger partial charge in [0.25, 0.3) is 5.69 Å². The number of hydrogen-bond donors (Lipinski definition) is 1. The quantitative estimate of drug-likeness (QED) is 0.468. The highest BCUT2D eigenvalue weighted by Crippen LogP contribution is 2.36. The fraction of sp³-hybridized carbons (Fsp3) is 0.300. The maximum atomic E-state index is 11.6. The Balaban J connectivity index is 2.77. The standard InChI is InChI=1S/C10H11N3O5S/c1-19(17,18)9-5-8(13(15)16)7(12-2-3-12)4-6(9)10(11)14/h4-5H,2-3H2,1H3,(H2,11,14). The summed E-state index contributed by atoms with van der Waals surface area (Å²) in [5.74, 6) is -0.932. The molecule has 0 radical (unpaired) electrons. The molecule has 9 heteroatoms. The van der Waals surface area contributed by atoms with Crippen LogP contribution >= 0.6 is 0 Å². The number of carbonyl (C=O) groups is 1. The van der Waals surface area contributed by atoms with Gasteiger partial charge in [-0.2, -0.15) is 0 Å². The third-order valence-corrected chi connectivity index (χ3v) is 3.86. The number of nitro benzene ring substituents is 1. The monoisotopic (exact) mass is 285 g/mol. The van der Waals surface area contributed by atoms with Crippen molar-refractivity contribution in [1.29, 1.82) is 0 Å². The normalized spacial score (nSPS) is 14.3. The summed E-state index contributed by atoms with van der Waals surface area (Å²) in [6.07, 6.45) is 0.871. The molecule has 19 heavy (non-hydrogen) atoms. The zero-order valence-electron chi connectivity index (χ0n) is 9.99. The molecule has 1 saturated heterocycles. The van der Waals surface area contributed by atoms with Crippen LogP contribution in [0.5, 0.6) is 0 Å². The van der Waals surface area contributed by atoms with E-state index in [1.165, 1.54) is 6.07 Å². The van der Waals surface area contributed by atoms with E-state index in [0.717, 1.165) is 12.3 Å². The second-order valence-electron chi connectivity index (χ2n) is 4.22. The predicted molar refractivity (Wildman–Crippen MR) is 66.9 cm³/mol. The van der Waals surface area contributed by atoms with Crippen molar-refractivity contribution in [2.75, 3.05) is 24.2 Å². The van der Waals surface area contributed by atoms with Crippen LogP contribution in [0.4, 0.5) is 11.4 Å². The Kier molecular flexibility index (Phi) is 2.93. The summed E-state index contributed by atoms with van der Waals surface area (Å²) in [7, 11) is -3.78. The van der Waals surface area contributed by atoms with Crippen LogP contribution in [0.3, 0.4) is 0 Å². The highest BCUT2D eigenvalue weighted by atomic mass is 32.2. The minimum atomic E-state index is -3.78. The third-order valence-electron chi connectivity index (χ3n) is 2.73. The number of nitro groups is 1. The maximum absolute atomic E-state index is 11.6. The topological polar surface area (TPSA) is 123 Å². The van der Waals surface area contributed by atoms with E-state index in [1.54, 1.807) is 4.90 Å². The number of anilines is 1. The molecule has 1 fully saturated rings. The van der Waals surface area contributed by atoms with Gasteiger partial charge < -0.3 is 10.6 Å². The Hall–Kier alpha value is -2.16. The molecule has 0 atom stereocenters. The van der Waals surface area contributed by atoms with Gasteiger partial charge in [0.05, 0.1) is 15.4 Å². The van der Waals surface area contributed by atoms with Crippen LogP contribution in [-0.4, -0.2) is 38.6 Å². The Morgan fingerprint density at radius 3 is 2.37 bits per heavy atom. The fourth-order valence-electron chi connectivity index (χ4n) is 1.75. The molecule has 102 valence electrons. The molecule has 2 N–H and O–H groups in total. The first-order valence-corrected chi connectivity index (χ1v) is 7.18. The van der Waals surface area contributed by atoms with Gasteiger partial charge in [-0.25, -0.2) is 8.42 Å². The van der Waals surface area contributed by atoms with E-state index >= 15 is 0 Å². The number of hydrogen-bond acceptors (Lipinski definition) is 6. The Labute approximate surface area is 108 Å². The highest BCUT2D eigenvalue weighted by Gasteiger charge is 2.31. The van der Waals surface area contributed by atoms with Gasteiger partial charge in [-0.3, -0.25) is 14.9 Å². The first-order chi connectivity index (χ1) is 8.71. The molecule has 0 spiro atoms. The van der Waals surface area contributed by atoms with Crippen LogP contribution in [0.2, 0.25) is 0 Å². The average molecular weight is 285 g/mol. The van der Waals surface area contributed by atoms with Crippen molar-refractivity contribution < 1.29 is 18.1 Å². The molecular formula is C10H11N3O5S. The maximum Gasteiger partial charge on any atom is 0.293 e. The van der Waals surface area contributed by atoms with E-state index in [1.807, 2.05) is 0 Å². The van der Waals surface area contributed by atoms with E-state index in [0.29, 0.717) is 13.1 Å². The summed E-state index contributed by atoms with van der Waals surface area (Å²) in [5, 5.41) is 11.0. The molecule has 0 aliphatic carbocycles. The summed E-state index contributed by atoms with van der Waals surface area (Å²) in [6, 6.07) is 2.06. The lowest BCUT2D eigenvalue weighted by Gasteiger charge is -2.10. The van der Waals surface area contributed by atoms with E-state index in [4.69, 9.17) is 5.73 Å². The van der Waals surface area contributed by atoms with Gasteiger partial charge in [0, 0.05) is 25.4 Å². The van der Waals surface area contributed by atoms with Gasteiger partial charge in [-0.05, 0) is 6.07 Å². The average Bonchev–Trinajstić information content (AvgIpc) is 3.09. The van der Waals surface area contributed by atoms with Crippen LogP contribution in [0.1, 0.15) is 10.4 Å². The van der Waals surface area contributed by atoms with Gasteiger partial charge in [-0.1, -0.05) is 0 Å². The van der Waals surface area contributed by atoms with E-state index in [-0.39, 0.29) is 16.9 Å². The van der Waals surface area contributed by atoms with Crippen molar-refractivity contribution >= 4 is 27.1 Å². The van der Waals surface area contributed by atoms with Crippen molar-refractivity contribution in [3.8, 4) is 0 Å². The highest BCUT2D eigenvalue weighted by molar-refractivity contribution is 7.90. The summed E-state index contributed by atoms with van der Waals surface area (Å²) < 4.78 is 23.2. The summed E-state index contributed by atoms with van der Waals surface area (Å²) in [6.45, 7) is 1.24. The molecule has 1 heterocycles. The van der Waals surface area contributed by atoms with Crippen LogP contribution < -0.4 is 10.6 Å². The van der Waals surface area contributed by atoms with Crippen molar-refractivity contribution in [3.63, 3.8) is 0 Å². The van der Waals surface area contributed by atoms with Gasteiger partial charge in [-0.15, -0.1) is 0 Å². The number of amides is 1. The molecule has 2 rings (SSSR count). The van der Waals surface area contributed by atoms with Crippen molar-refractivity contribution in [2.24, 2.45) is 5.73 Å². The summed E-state index contributed by atoms with van der Waals surface area (Å²) in [5.41, 5.74) is 4.78. The smallest absolute Gasteiger partial charge is 0.293 e. The molecule has 0 unspecified atom stereocenters. The fourth-order valence-corrected chi connectivity index (χ4v) is 2.63. The Bertz CT molecular complexity index is 679. The number of sulfone groups is 1. The molecule has 1 aliphatic heterocycles. The predicted octanol–water partition coefficient (Wildman–Crippen LogP) is -0.0828. The summed E-state index contributed by atoms with van der Waals surface area (Å²) >= 11 is 0. The molecule has 0 saturated carbocycles. The lowest BCUT2D eigenvalue weighted by atomic mass is 10.1. The molecule has 0 bridgehead atoms. The molecule has 8 nitrogen and oxygen atoms in total. The van der Waals surface area contributed by atoms with Gasteiger partial charge in [0.1, 0.15) is 5.69 Å². The number of nitrogens with two attached hydrogens (primary N) is 1. The van der Waals surface area contributed by atoms with E-state index < -0.39 is 25.6 Å². The molecule has 1 aromatic carbocycles. The van der Waals surface area contributed by atoms with Crippen molar-refractivity contribution in [3.05, 3.63) is 27.8 Å². The Morgan fingerprint density at radius 2 is 2.00 bits per heavy atom. The van der Waals surface area contributed by atoms with E-state index in [9.17, 15) is 23.3 Å². The van der Waals surface area contributed by atoms with Crippen molar-refractivity contribution in [2.45, 2.75) is 4.90 Å². The number of rotatable bonds is 4. The number of benzene rings is 1. The molecule has 1 amide bonds. The lowest BCUT2D eigenvalue weighted by Crippen LogP contribution is -2.17. The minimum Gasteiger partial charge on any atom is -0.366 e. The van der Waals surface area contributed by atoms with Crippen LogP contribution in [0.15, 0.2) is 17.0 Å². The SMILES string of the molecule is CS(=O)(=O)c1cc([N+](=O)[O-])c(N2CC2)cc1C(N)=O. The van der Waals surface area contributed by atoms with Crippen LogP contribution in [-0.2, 0) is 9.84 Å². The zero-order valence-corrected chi connectivity index (χ0v) is 10.8. The second kappa shape index (κ2) is 4.19. The van der Waals surface area contributed by atoms with E-state index in [2.05, 4.69) is 0 Å². The van der Waals surface area contributed by atoms with Gasteiger partial charge >= 0.3 is 0 Å². The van der Waals surface area contributed by atoms with Crippen molar-refractivity contribution in [1.82, 2.24) is 0 Å². The van der Waals surface area contributed by atoms with Gasteiger partial charge in [0.2, 0.25) is 5.91 Å².